The maximum atomic E-state index is 13.2. The number of carbonyl (C=O) groups excluding carboxylic acids is 1. The minimum atomic E-state index is -4.66. The Hall–Kier alpha value is -2.11. The number of hydrogen-bond acceptors (Lipinski definition) is 7. The van der Waals surface area contributed by atoms with Crippen molar-refractivity contribution in [1.29, 1.82) is 0 Å². The van der Waals surface area contributed by atoms with Gasteiger partial charge in [-0.05, 0) is 39.0 Å². The molecule has 154 valence electrons. The van der Waals surface area contributed by atoms with Crippen LogP contribution >= 0.6 is 34.7 Å². The zero-order chi connectivity index (χ0) is 21.3. The molecule has 0 bridgehead atoms. The van der Waals surface area contributed by atoms with Crippen LogP contribution in [0.5, 0.6) is 0 Å². The normalized spacial score (nSPS) is 12.8. The van der Waals surface area contributed by atoms with Crippen LogP contribution in [0, 0.1) is 13.8 Å². The topological polar surface area (TPSA) is 80.9 Å². The minimum Gasteiger partial charge on any atom is -0.410 e. The van der Waals surface area contributed by atoms with Crippen molar-refractivity contribution in [3.8, 4) is 10.8 Å². The van der Waals surface area contributed by atoms with Crippen molar-refractivity contribution >= 4 is 46.3 Å². The number of thiazole rings is 1. The van der Waals surface area contributed by atoms with Crippen molar-refractivity contribution in [2.45, 2.75) is 37.4 Å². The number of alkyl halides is 3. The molecular weight excluding hydrogens is 449 g/mol. The van der Waals surface area contributed by atoms with Crippen LogP contribution in [0.2, 0.25) is 5.02 Å². The highest BCUT2D eigenvalue weighted by atomic mass is 35.5. The van der Waals surface area contributed by atoms with Crippen molar-refractivity contribution in [1.82, 2.24) is 15.2 Å². The molecule has 6 nitrogen and oxygen atoms in total. The highest BCUT2D eigenvalue weighted by molar-refractivity contribution is 8.00. The van der Waals surface area contributed by atoms with E-state index in [1.807, 2.05) is 13.8 Å². The van der Waals surface area contributed by atoms with Gasteiger partial charge in [0.15, 0.2) is 0 Å². The molecule has 0 aliphatic rings. The van der Waals surface area contributed by atoms with Crippen LogP contribution in [-0.2, 0) is 11.0 Å². The smallest absolute Gasteiger partial charge is 0.410 e. The molecule has 0 radical (unpaired) electrons. The van der Waals surface area contributed by atoms with Gasteiger partial charge in [-0.1, -0.05) is 23.4 Å². The molecule has 2 heterocycles. The predicted octanol–water partition coefficient (Wildman–Crippen LogP) is 5.60. The number of rotatable bonds is 5. The summed E-state index contributed by atoms with van der Waals surface area (Å²) in [6.07, 6.45) is -4.66. The molecule has 0 aliphatic heterocycles. The van der Waals surface area contributed by atoms with E-state index in [0.29, 0.717) is 0 Å². The lowest BCUT2D eigenvalue weighted by molar-refractivity contribution is -0.137. The summed E-state index contributed by atoms with van der Waals surface area (Å²) in [6.45, 7) is 5.19. The van der Waals surface area contributed by atoms with Crippen molar-refractivity contribution in [2.24, 2.45) is 0 Å². The summed E-state index contributed by atoms with van der Waals surface area (Å²) in [5, 5.41) is 10.2. The number of nitrogens with one attached hydrogen (secondary N) is 1. The van der Waals surface area contributed by atoms with Gasteiger partial charge in [0.1, 0.15) is 4.88 Å². The Morgan fingerprint density at radius 2 is 2.03 bits per heavy atom. The van der Waals surface area contributed by atoms with Gasteiger partial charge >= 0.3 is 6.18 Å². The Kier molecular flexibility index (Phi) is 6.20. The Morgan fingerprint density at radius 1 is 1.31 bits per heavy atom. The monoisotopic (exact) mass is 462 g/mol. The Bertz CT molecular complexity index is 1050. The number of aryl methyl sites for hydroxylation is 2. The van der Waals surface area contributed by atoms with Crippen molar-refractivity contribution in [3.05, 3.63) is 39.5 Å². The van der Waals surface area contributed by atoms with E-state index in [2.05, 4.69) is 20.5 Å². The van der Waals surface area contributed by atoms with Crippen molar-refractivity contribution in [2.75, 3.05) is 5.32 Å². The first-order chi connectivity index (χ1) is 13.5. The molecule has 2 aromatic heterocycles. The standard InChI is InChI=1S/C17H14ClF3N4O2S2/c1-7-13(29-9(3)22-7)15-24-25-16(27-15)28-8(2)14(26)23-12-5-4-10(18)6-11(12)17(19,20)21/h4-6,8H,1-3H3,(H,23,26). The average Bonchev–Trinajstić information content (AvgIpc) is 3.21. The molecule has 1 unspecified atom stereocenters. The van der Waals surface area contributed by atoms with Gasteiger partial charge < -0.3 is 9.73 Å². The minimum absolute atomic E-state index is 0.0790. The van der Waals surface area contributed by atoms with Crippen LogP contribution in [0.15, 0.2) is 27.8 Å². The summed E-state index contributed by atoms with van der Waals surface area (Å²) >= 11 is 7.99. The van der Waals surface area contributed by atoms with Gasteiger partial charge in [-0.2, -0.15) is 13.2 Å². The lowest BCUT2D eigenvalue weighted by Gasteiger charge is -2.15. The van der Waals surface area contributed by atoms with Crippen LogP contribution in [-0.4, -0.2) is 26.3 Å². The summed E-state index contributed by atoms with van der Waals surface area (Å²) in [7, 11) is 0. The first-order valence-electron chi connectivity index (χ1n) is 8.16. The Balaban J connectivity index is 1.72. The van der Waals surface area contributed by atoms with E-state index < -0.39 is 22.9 Å². The van der Waals surface area contributed by atoms with Gasteiger partial charge in [0, 0.05) is 5.02 Å². The van der Waals surface area contributed by atoms with Gasteiger partial charge in [-0.15, -0.1) is 21.5 Å². The molecule has 29 heavy (non-hydrogen) atoms. The molecule has 1 N–H and O–H groups in total. The van der Waals surface area contributed by atoms with Crippen LogP contribution < -0.4 is 5.32 Å². The van der Waals surface area contributed by atoms with Crippen LogP contribution in [0.4, 0.5) is 18.9 Å². The van der Waals surface area contributed by atoms with E-state index in [-0.39, 0.29) is 21.8 Å². The molecule has 12 heteroatoms. The molecule has 1 amide bonds. The van der Waals surface area contributed by atoms with Gasteiger partial charge in [-0.25, -0.2) is 4.98 Å². The first kappa shape index (κ1) is 21.6. The number of carbonyl (C=O) groups is 1. The first-order valence-corrected chi connectivity index (χ1v) is 10.2. The number of nitrogens with zero attached hydrogens (tertiary/aromatic N) is 3. The van der Waals surface area contributed by atoms with Crippen LogP contribution in [0.1, 0.15) is 23.2 Å². The summed E-state index contributed by atoms with van der Waals surface area (Å²) in [4.78, 5) is 17.4. The highest BCUT2D eigenvalue weighted by Crippen LogP contribution is 2.37. The van der Waals surface area contributed by atoms with Crippen molar-refractivity contribution < 1.29 is 22.4 Å². The van der Waals surface area contributed by atoms with E-state index in [0.717, 1.165) is 39.5 Å². The molecule has 0 saturated carbocycles. The molecule has 1 aromatic carbocycles. The Morgan fingerprint density at radius 3 is 2.66 bits per heavy atom. The van der Waals surface area contributed by atoms with Crippen molar-refractivity contribution in [3.63, 3.8) is 0 Å². The molecule has 0 fully saturated rings. The quantitative estimate of drug-likeness (QED) is 0.497. The van der Waals surface area contributed by atoms with E-state index >= 15 is 0 Å². The Labute approximate surface area is 176 Å². The van der Waals surface area contributed by atoms with Crippen LogP contribution in [0.25, 0.3) is 10.8 Å². The zero-order valence-electron chi connectivity index (χ0n) is 15.3. The molecule has 0 saturated heterocycles. The number of halogens is 4. The summed E-state index contributed by atoms with van der Waals surface area (Å²) in [5.41, 5.74) is -0.645. The third-order valence-corrected chi connectivity index (χ3v) is 5.93. The average molecular weight is 463 g/mol. The lowest BCUT2D eigenvalue weighted by atomic mass is 10.1. The molecular formula is C17H14ClF3N4O2S2. The highest BCUT2D eigenvalue weighted by Gasteiger charge is 2.34. The molecule has 0 aliphatic carbocycles. The number of amides is 1. The van der Waals surface area contributed by atoms with Gasteiger partial charge in [-0.3, -0.25) is 4.79 Å². The van der Waals surface area contributed by atoms with E-state index in [1.165, 1.54) is 24.3 Å². The number of benzene rings is 1. The fourth-order valence-electron chi connectivity index (χ4n) is 2.38. The number of hydrogen-bond donors (Lipinski definition) is 1. The fraction of sp³-hybridized carbons (Fsp3) is 0.294. The summed E-state index contributed by atoms with van der Waals surface area (Å²) in [5.74, 6) is -0.368. The number of thioether (sulfide) groups is 1. The van der Waals surface area contributed by atoms with Crippen LogP contribution in [0.3, 0.4) is 0 Å². The van der Waals surface area contributed by atoms with E-state index in [4.69, 9.17) is 16.0 Å². The van der Waals surface area contributed by atoms with Gasteiger partial charge in [0.05, 0.1) is 27.2 Å². The SMILES string of the molecule is Cc1nc(C)c(-c2nnc(SC(C)C(=O)Nc3ccc(Cl)cc3C(F)(F)F)o2)s1. The maximum Gasteiger partial charge on any atom is 0.418 e. The second kappa shape index (κ2) is 8.33. The van der Waals surface area contributed by atoms with E-state index in [9.17, 15) is 18.0 Å². The molecule has 3 aromatic rings. The van der Waals surface area contributed by atoms with Gasteiger partial charge in [0.25, 0.3) is 11.1 Å². The fourth-order valence-corrected chi connectivity index (χ4v) is 4.07. The second-order valence-electron chi connectivity index (χ2n) is 5.96. The predicted molar refractivity (Wildman–Crippen MR) is 105 cm³/mol. The summed E-state index contributed by atoms with van der Waals surface area (Å²) < 4.78 is 45.1. The van der Waals surface area contributed by atoms with Gasteiger partial charge in [0.2, 0.25) is 5.91 Å². The maximum absolute atomic E-state index is 13.2. The van der Waals surface area contributed by atoms with E-state index in [1.54, 1.807) is 0 Å². The molecule has 1 atom stereocenters. The lowest BCUT2D eigenvalue weighted by Crippen LogP contribution is -2.24. The second-order valence-corrected chi connectivity index (χ2v) is 8.89. The molecule has 0 spiro atoms. The summed E-state index contributed by atoms with van der Waals surface area (Å²) in [6, 6.07) is 3.15. The number of aromatic nitrogens is 3. The third-order valence-electron chi connectivity index (χ3n) is 3.70. The molecule has 3 rings (SSSR count). The third kappa shape index (κ3) is 5.09. The number of anilines is 1. The zero-order valence-corrected chi connectivity index (χ0v) is 17.7. The largest absolute Gasteiger partial charge is 0.418 e.